The summed E-state index contributed by atoms with van der Waals surface area (Å²) in [5, 5.41) is 9.11. The third-order valence-corrected chi connectivity index (χ3v) is 2.60. The SMILES string of the molecule is Cc1ccc(F)cc1Oc1cccc(F)c1CO. The molecule has 2 aromatic rings. The average Bonchev–Trinajstić information content (AvgIpc) is 2.34. The van der Waals surface area contributed by atoms with Gasteiger partial charge in [-0.25, -0.2) is 8.78 Å². The van der Waals surface area contributed by atoms with Crippen LogP contribution < -0.4 is 4.74 Å². The van der Waals surface area contributed by atoms with Gasteiger partial charge in [-0.05, 0) is 30.7 Å². The zero-order valence-electron chi connectivity index (χ0n) is 9.78. The molecule has 2 nitrogen and oxygen atoms in total. The lowest BCUT2D eigenvalue weighted by Gasteiger charge is -2.12. The molecule has 4 heteroatoms. The standard InChI is InChI=1S/C14H12F2O2/c1-9-5-6-10(15)7-14(9)18-13-4-2-3-12(16)11(13)8-17/h2-7,17H,8H2,1H3. The van der Waals surface area contributed by atoms with E-state index in [2.05, 4.69) is 0 Å². The van der Waals surface area contributed by atoms with Crippen LogP contribution in [-0.4, -0.2) is 5.11 Å². The van der Waals surface area contributed by atoms with Gasteiger partial charge < -0.3 is 9.84 Å². The molecule has 0 radical (unpaired) electrons. The Balaban J connectivity index is 2.40. The van der Waals surface area contributed by atoms with E-state index in [4.69, 9.17) is 9.84 Å². The summed E-state index contributed by atoms with van der Waals surface area (Å²) in [7, 11) is 0. The maximum atomic E-state index is 13.4. The fourth-order valence-corrected chi connectivity index (χ4v) is 1.59. The number of rotatable bonds is 3. The minimum Gasteiger partial charge on any atom is -0.456 e. The van der Waals surface area contributed by atoms with E-state index >= 15 is 0 Å². The number of aliphatic hydroxyl groups is 1. The van der Waals surface area contributed by atoms with Gasteiger partial charge in [0.25, 0.3) is 0 Å². The molecule has 0 aliphatic heterocycles. The molecule has 1 N–H and O–H groups in total. The monoisotopic (exact) mass is 250 g/mol. The van der Waals surface area contributed by atoms with E-state index in [1.54, 1.807) is 13.0 Å². The first-order valence-electron chi connectivity index (χ1n) is 5.44. The van der Waals surface area contributed by atoms with Crippen LogP contribution in [0.15, 0.2) is 36.4 Å². The smallest absolute Gasteiger partial charge is 0.135 e. The molecule has 0 unspecified atom stereocenters. The van der Waals surface area contributed by atoms with Gasteiger partial charge in [0.2, 0.25) is 0 Å². The van der Waals surface area contributed by atoms with Crippen LogP contribution in [0.4, 0.5) is 8.78 Å². The van der Waals surface area contributed by atoms with Crippen molar-refractivity contribution in [3.63, 3.8) is 0 Å². The largest absolute Gasteiger partial charge is 0.456 e. The maximum absolute atomic E-state index is 13.4. The first kappa shape index (κ1) is 12.5. The minimum atomic E-state index is -0.552. The lowest BCUT2D eigenvalue weighted by molar-refractivity contribution is 0.269. The Kier molecular flexibility index (Phi) is 3.58. The summed E-state index contributed by atoms with van der Waals surface area (Å²) >= 11 is 0. The van der Waals surface area contributed by atoms with Crippen molar-refractivity contribution in [3.05, 3.63) is 59.2 Å². The quantitative estimate of drug-likeness (QED) is 0.902. The number of halogens is 2. The second-order valence-electron chi connectivity index (χ2n) is 3.89. The fraction of sp³-hybridized carbons (Fsp3) is 0.143. The van der Waals surface area contributed by atoms with Gasteiger partial charge in [0.15, 0.2) is 0 Å². The summed E-state index contributed by atoms with van der Waals surface area (Å²) < 4.78 is 32.0. The number of benzene rings is 2. The van der Waals surface area contributed by atoms with Gasteiger partial charge in [0, 0.05) is 6.07 Å². The summed E-state index contributed by atoms with van der Waals surface area (Å²) in [4.78, 5) is 0. The number of hydrogen-bond donors (Lipinski definition) is 1. The summed E-state index contributed by atoms with van der Waals surface area (Å²) in [6.45, 7) is 1.28. The normalized spacial score (nSPS) is 10.4. The molecule has 0 bridgehead atoms. The lowest BCUT2D eigenvalue weighted by atomic mass is 10.2. The third-order valence-electron chi connectivity index (χ3n) is 2.60. The predicted octanol–water partition coefficient (Wildman–Crippen LogP) is 3.56. The number of hydrogen-bond acceptors (Lipinski definition) is 2. The number of aryl methyl sites for hydroxylation is 1. The molecule has 0 saturated heterocycles. The first-order valence-corrected chi connectivity index (χ1v) is 5.44. The Morgan fingerprint density at radius 2 is 1.89 bits per heavy atom. The van der Waals surface area contributed by atoms with Crippen LogP contribution in [0.25, 0.3) is 0 Å². The van der Waals surface area contributed by atoms with Crippen LogP contribution in [0.1, 0.15) is 11.1 Å². The van der Waals surface area contributed by atoms with Crippen LogP contribution in [0.3, 0.4) is 0 Å². The molecular weight excluding hydrogens is 238 g/mol. The Bertz CT molecular complexity index is 568. The van der Waals surface area contributed by atoms with E-state index in [1.807, 2.05) is 0 Å². The highest BCUT2D eigenvalue weighted by Gasteiger charge is 2.11. The molecular formula is C14H12F2O2. The fourth-order valence-electron chi connectivity index (χ4n) is 1.59. The molecule has 0 aliphatic rings. The Hall–Kier alpha value is -1.94. The molecule has 0 fully saturated rings. The van der Waals surface area contributed by atoms with Crippen LogP contribution in [0.5, 0.6) is 11.5 Å². The molecule has 0 heterocycles. The van der Waals surface area contributed by atoms with E-state index in [0.717, 1.165) is 5.56 Å². The van der Waals surface area contributed by atoms with Crippen molar-refractivity contribution < 1.29 is 18.6 Å². The molecule has 94 valence electrons. The Labute approximate surface area is 103 Å². The summed E-state index contributed by atoms with van der Waals surface area (Å²) in [5.41, 5.74) is 0.783. The molecule has 0 saturated carbocycles. The summed E-state index contributed by atoms with van der Waals surface area (Å²) in [5.74, 6) is -0.497. The van der Waals surface area contributed by atoms with Gasteiger partial charge in [-0.3, -0.25) is 0 Å². The van der Waals surface area contributed by atoms with Crippen molar-refractivity contribution in [1.29, 1.82) is 0 Å². The van der Waals surface area contributed by atoms with Crippen molar-refractivity contribution >= 4 is 0 Å². The molecule has 0 aromatic heterocycles. The van der Waals surface area contributed by atoms with Gasteiger partial charge in [0.1, 0.15) is 23.1 Å². The van der Waals surface area contributed by atoms with E-state index in [9.17, 15) is 8.78 Å². The van der Waals surface area contributed by atoms with Gasteiger partial charge in [-0.1, -0.05) is 12.1 Å². The number of aliphatic hydroxyl groups excluding tert-OH is 1. The van der Waals surface area contributed by atoms with Gasteiger partial charge in [0.05, 0.1) is 12.2 Å². The third kappa shape index (κ3) is 2.49. The van der Waals surface area contributed by atoms with E-state index in [0.29, 0.717) is 5.75 Å². The Morgan fingerprint density at radius 1 is 1.11 bits per heavy atom. The highest BCUT2D eigenvalue weighted by atomic mass is 19.1. The first-order chi connectivity index (χ1) is 8.61. The second-order valence-corrected chi connectivity index (χ2v) is 3.89. The van der Waals surface area contributed by atoms with Crippen LogP contribution in [0.2, 0.25) is 0 Å². The second kappa shape index (κ2) is 5.14. The van der Waals surface area contributed by atoms with E-state index < -0.39 is 18.2 Å². The Morgan fingerprint density at radius 3 is 2.61 bits per heavy atom. The van der Waals surface area contributed by atoms with Crippen molar-refractivity contribution in [2.24, 2.45) is 0 Å². The highest BCUT2D eigenvalue weighted by molar-refractivity contribution is 5.41. The minimum absolute atomic E-state index is 0.0566. The predicted molar refractivity (Wildman–Crippen MR) is 63.5 cm³/mol. The molecule has 18 heavy (non-hydrogen) atoms. The van der Waals surface area contributed by atoms with Crippen LogP contribution >= 0.6 is 0 Å². The van der Waals surface area contributed by atoms with Crippen molar-refractivity contribution in [2.45, 2.75) is 13.5 Å². The zero-order valence-corrected chi connectivity index (χ0v) is 9.78. The topological polar surface area (TPSA) is 29.5 Å². The van der Waals surface area contributed by atoms with Crippen molar-refractivity contribution in [2.75, 3.05) is 0 Å². The maximum Gasteiger partial charge on any atom is 0.135 e. The molecule has 0 spiro atoms. The highest BCUT2D eigenvalue weighted by Crippen LogP contribution is 2.29. The average molecular weight is 250 g/mol. The van der Waals surface area contributed by atoms with Gasteiger partial charge in [-0.15, -0.1) is 0 Å². The van der Waals surface area contributed by atoms with Crippen LogP contribution in [0, 0.1) is 18.6 Å². The molecule has 0 aliphatic carbocycles. The van der Waals surface area contributed by atoms with E-state index in [-0.39, 0.29) is 11.3 Å². The lowest BCUT2D eigenvalue weighted by Crippen LogP contribution is -1.96. The summed E-state index contributed by atoms with van der Waals surface area (Å²) in [6, 6.07) is 8.35. The summed E-state index contributed by atoms with van der Waals surface area (Å²) in [6.07, 6.45) is 0. The van der Waals surface area contributed by atoms with Gasteiger partial charge in [-0.2, -0.15) is 0 Å². The van der Waals surface area contributed by atoms with Crippen LogP contribution in [-0.2, 0) is 6.61 Å². The van der Waals surface area contributed by atoms with Crippen molar-refractivity contribution in [3.8, 4) is 11.5 Å². The van der Waals surface area contributed by atoms with Crippen molar-refractivity contribution in [1.82, 2.24) is 0 Å². The molecule has 0 atom stereocenters. The van der Waals surface area contributed by atoms with E-state index in [1.165, 1.54) is 30.3 Å². The van der Waals surface area contributed by atoms with Gasteiger partial charge >= 0.3 is 0 Å². The number of ether oxygens (including phenoxy) is 1. The molecule has 2 aromatic carbocycles. The molecule has 2 rings (SSSR count). The molecule has 0 amide bonds. The zero-order chi connectivity index (χ0) is 13.1.